The van der Waals surface area contributed by atoms with E-state index in [-0.39, 0.29) is 0 Å². The maximum atomic E-state index is 6.77. The fourth-order valence-corrected chi connectivity index (χ4v) is 22.5. The Morgan fingerprint density at radius 2 is 0.728 bits per heavy atom. The molecule has 0 saturated carbocycles. The average molecular weight is 1550 g/mol. The fourth-order valence-electron chi connectivity index (χ4n) is 16.6. The molecule has 0 spiro atoms. The van der Waals surface area contributed by atoms with Crippen LogP contribution in [0.2, 0.25) is 0 Å². The van der Waals surface area contributed by atoms with Crippen LogP contribution in [0.3, 0.4) is 0 Å². The minimum absolute atomic E-state index is 0.578. The lowest BCUT2D eigenvalue weighted by molar-refractivity contribution is 0.667. The summed E-state index contributed by atoms with van der Waals surface area (Å²) in [6.07, 6.45) is 8.80. The zero-order valence-corrected chi connectivity index (χ0v) is 64.3. The van der Waals surface area contributed by atoms with Crippen LogP contribution in [-0.4, -0.2) is 49.8 Å². The Labute approximate surface area is 669 Å². The average Bonchev–Trinajstić information content (AvgIpc) is 1.61. The second kappa shape index (κ2) is 26.0. The van der Waals surface area contributed by atoms with Crippen molar-refractivity contribution in [3.05, 3.63) is 309 Å². The van der Waals surface area contributed by atoms with E-state index in [1.807, 2.05) is 54.6 Å². The molecule has 0 amide bonds. The van der Waals surface area contributed by atoms with Gasteiger partial charge >= 0.3 is 0 Å². The molecular weight excluding hydrogens is 1490 g/mol. The molecule has 23 aromatic rings. The van der Waals surface area contributed by atoms with Crippen LogP contribution in [-0.2, 0) is 0 Å². The third-order valence-electron chi connectivity index (χ3n) is 21.9. The Hall–Kier alpha value is -13.6. The zero-order valence-electron chi connectivity index (χ0n) is 60.2. The van der Waals surface area contributed by atoms with Crippen molar-refractivity contribution in [1.82, 2.24) is 49.8 Å². The van der Waals surface area contributed by atoms with E-state index in [0.717, 1.165) is 183 Å². The van der Waals surface area contributed by atoms with Crippen LogP contribution < -0.4 is 0 Å². The van der Waals surface area contributed by atoms with Gasteiger partial charge in [0, 0.05) is 146 Å². The van der Waals surface area contributed by atoms with Crippen molar-refractivity contribution in [2.45, 2.75) is 12.8 Å². The summed E-state index contributed by atoms with van der Waals surface area (Å²) in [6.45, 7) is 0. The van der Waals surface area contributed by atoms with E-state index < -0.39 is 0 Å². The highest BCUT2D eigenvalue weighted by molar-refractivity contribution is 7.28. The summed E-state index contributed by atoms with van der Waals surface area (Å²) in [7, 11) is 0. The van der Waals surface area contributed by atoms with Gasteiger partial charge in [0.25, 0.3) is 0 Å². The first-order valence-corrected chi connectivity index (χ1v) is 41.8. The van der Waals surface area contributed by atoms with Crippen LogP contribution in [0.25, 0.3) is 242 Å². The Balaban J connectivity index is 0.607. The van der Waals surface area contributed by atoms with Crippen LogP contribution in [0.4, 0.5) is 0 Å². The van der Waals surface area contributed by atoms with Gasteiger partial charge in [-0.2, -0.15) is 0 Å². The first-order chi connectivity index (χ1) is 56.4. The molecule has 24 rings (SSSR count). The van der Waals surface area contributed by atoms with Gasteiger partial charge in [-0.25, -0.2) is 49.8 Å². The summed E-state index contributed by atoms with van der Waals surface area (Å²) in [4.78, 5) is 54.0. The van der Waals surface area contributed by atoms with Crippen LogP contribution in [0.5, 0.6) is 0 Å². The maximum Gasteiger partial charge on any atom is 0.180 e. The Morgan fingerprint density at radius 1 is 0.246 bits per heavy atom. The molecule has 0 aliphatic heterocycles. The van der Waals surface area contributed by atoms with Crippen LogP contribution >= 0.6 is 56.7 Å². The minimum Gasteiger partial charge on any atom is -0.452 e. The molecular formula is C98H54N10OS5. The molecule has 1 aliphatic carbocycles. The lowest BCUT2D eigenvalue weighted by Gasteiger charge is -2.12. The standard InChI is InChI=1S/C98H54N10OS5/c1-4-21-54(22-5-1)84-90-86(66-30-13-17-38-75(66)113-90)102-95(100-84)68-33-20-40-78-81(68)71-51-58(46-50-76(71)111-78)94-103-91(56-23-6-2-7-24-56)104-97(107-94)69-49-48-60(89-82(69)65-29-12-16-37-74(65)112-89)53-41-43-55(44-42-53)83-87-85(63-27-10-14-35-72(63)109-87)101-93(99-83)59-45-47-61-62-31-18-34-70(88(62)114-79(61)52-59)98-106-92(57-25-8-3-9-26-57)105-96(108-98)67-32-19-39-77-80(67)64-28-11-15-36-73(64)110-77/h2-4,6-52H,1,5H2. The van der Waals surface area contributed by atoms with Crippen LogP contribution in [0, 0.1) is 0 Å². The van der Waals surface area contributed by atoms with E-state index in [0.29, 0.717) is 57.9 Å². The predicted molar refractivity (Wildman–Crippen MR) is 477 cm³/mol. The van der Waals surface area contributed by atoms with Crippen molar-refractivity contribution >= 4 is 185 Å². The Kier molecular flexibility index (Phi) is 14.9. The number of hydrogen-bond acceptors (Lipinski definition) is 16. The molecule has 10 aromatic heterocycles. The van der Waals surface area contributed by atoms with Crippen molar-refractivity contribution in [2.75, 3.05) is 0 Å². The monoisotopic (exact) mass is 1550 g/mol. The Bertz CT molecular complexity index is 8070. The van der Waals surface area contributed by atoms with Crippen molar-refractivity contribution < 1.29 is 4.42 Å². The number of furan rings is 1. The lowest BCUT2D eigenvalue weighted by Crippen LogP contribution is -2.00. The number of fused-ring (bicyclic) bond motifs is 18. The molecule has 0 saturated heterocycles. The first-order valence-electron chi connectivity index (χ1n) is 37.7. The number of thiophene rings is 5. The SMILES string of the molecule is C1=CC(c2nc(-c3cccc4sc5ccc(-c6nc(-c7ccccc7)nc(-c7ccc(-c8ccc(-c9nc(-c%10ccc%11c(c%10)sc%10c(-c%12nc(-c%13ccccc%13)nc(-c%13cccc%14sc%15ccccc%15c%13%14)n%12)cccc%10%11)nc%10c9oc9ccccc9%10)cc8)c8sc9ccccc9c78)n6)cc5c34)nc3c2sc2ccccc23)=CCC1. The number of benzene rings is 13. The van der Waals surface area contributed by atoms with Crippen LogP contribution in [0.1, 0.15) is 18.5 Å². The lowest BCUT2D eigenvalue weighted by atomic mass is 9.97. The van der Waals surface area contributed by atoms with Crippen molar-refractivity contribution in [1.29, 1.82) is 0 Å². The minimum atomic E-state index is 0.578. The number of hydrogen-bond donors (Lipinski definition) is 0. The first kappa shape index (κ1) is 65.2. The summed E-state index contributed by atoms with van der Waals surface area (Å²) in [6, 6.07) is 100. The highest BCUT2D eigenvalue weighted by Gasteiger charge is 2.27. The summed E-state index contributed by atoms with van der Waals surface area (Å²) in [5.41, 5.74) is 16.4. The summed E-state index contributed by atoms with van der Waals surface area (Å²) >= 11 is 8.84. The van der Waals surface area contributed by atoms with E-state index in [1.165, 1.54) is 19.5 Å². The summed E-state index contributed by atoms with van der Waals surface area (Å²) < 4.78 is 18.3. The Morgan fingerprint density at radius 3 is 1.46 bits per heavy atom. The molecule has 11 nitrogen and oxygen atoms in total. The van der Waals surface area contributed by atoms with Gasteiger partial charge in [-0.15, -0.1) is 56.7 Å². The molecule has 10 heterocycles. The number of nitrogens with zero attached hydrogens (tertiary/aromatic N) is 10. The molecule has 0 unspecified atom stereocenters. The van der Waals surface area contributed by atoms with E-state index in [2.05, 4.69) is 249 Å². The molecule has 532 valence electrons. The molecule has 0 atom stereocenters. The predicted octanol–water partition coefficient (Wildman–Crippen LogP) is 27.8. The van der Waals surface area contributed by atoms with Crippen molar-refractivity contribution in [3.8, 4) is 113 Å². The van der Waals surface area contributed by atoms with Gasteiger partial charge in [-0.1, -0.05) is 224 Å². The molecule has 0 fully saturated rings. The largest absolute Gasteiger partial charge is 0.452 e. The van der Waals surface area contributed by atoms with E-state index in [1.54, 1.807) is 56.7 Å². The smallest absolute Gasteiger partial charge is 0.180 e. The van der Waals surface area contributed by atoms with E-state index in [9.17, 15) is 0 Å². The topological polar surface area (TPSA) is 142 Å². The zero-order chi connectivity index (χ0) is 74.6. The molecule has 114 heavy (non-hydrogen) atoms. The maximum absolute atomic E-state index is 6.77. The number of para-hydroxylation sites is 1. The summed E-state index contributed by atoms with van der Waals surface area (Å²) in [5, 5.41) is 11.0. The highest BCUT2D eigenvalue weighted by Crippen LogP contribution is 2.50. The van der Waals surface area contributed by atoms with Crippen LogP contribution in [0.15, 0.2) is 308 Å². The van der Waals surface area contributed by atoms with Gasteiger partial charge in [-0.05, 0) is 108 Å². The van der Waals surface area contributed by atoms with Gasteiger partial charge in [0.2, 0.25) is 0 Å². The van der Waals surface area contributed by atoms with Crippen molar-refractivity contribution in [2.24, 2.45) is 0 Å². The van der Waals surface area contributed by atoms with Gasteiger partial charge < -0.3 is 4.42 Å². The molecule has 13 aromatic carbocycles. The highest BCUT2D eigenvalue weighted by atomic mass is 32.1. The molecule has 0 N–H and O–H groups in total. The van der Waals surface area contributed by atoms with Gasteiger partial charge in [-0.3, -0.25) is 0 Å². The number of aromatic nitrogens is 10. The third kappa shape index (κ3) is 10.6. The van der Waals surface area contributed by atoms with Crippen molar-refractivity contribution in [3.63, 3.8) is 0 Å². The van der Waals surface area contributed by atoms with Gasteiger partial charge in [0.15, 0.2) is 52.2 Å². The second-order valence-corrected chi connectivity index (χ2v) is 34.0. The fraction of sp³-hybridized carbons (Fsp3) is 0.0204. The number of allylic oxidation sites excluding steroid dienone is 4. The van der Waals surface area contributed by atoms with E-state index >= 15 is 0 Å². The summed E-state index contributed by atoms with van der Waals surface area (Å²) in [5.74, 6) is 4.92. The normalized spacial score (nSPS) is 12.7. The molecule has 0 bridgehead atoms. The van der Waals surface area contributed by atoms with Gasteiger partial charge in [0.1, 0.15) is 16.8 Å². The third-order valence-corrected chi connectivity index (χ3v) is 27.8. The second-order valence-electron chi connectivity index (χ2n) is 28.6. The quantitative estimate of drug-likeness (QED) is 0.122. The van der Waals surface area contributed by atoms with Gasteiger partial charge in [0.05, 0.1) is 15.9 Å². The molecule has 16 heteroatoms. The molecule has 0 radical (unpaired) electrons. The van der Waals surface area contributed by atoms with E-state index in [4.69, 9.17) is 54.3 Å². The molecule has 1 aliphatic rings. The number of rotatable bonds is 11.